The first-order chi connectivity index (χ1) is 8.53. The highest BCUT2D eigenvalue weighted by Gasteiger charge is 2.30. The van der Waals surface area contributed by atoms with E-state index in [2.05, 4.69) is 10.1 Å². The lowest BCUT2D eigenvalue weighted by Gasteiger charge is -2.26. The molecule has 1 saturated heterocycles. The maximum absolute atomic E-state index is 11.9. The smallest absolute Gasteiger partial charge is 0.406 e. The number of nitrogens with one attached hydrogen (secondary N) is 1. The van der Waals surface area contributed by atoms with E-state index in [9.17, 15) is 13.2 Å². The molecule has 0 bridgehead atoms. The van der Waals surface area contributed by atoms with Crippen LogP contribution in [0.15, 0.2) is 24.3 Å². The van der Waals surface area contributed by atoms with E-state index < -0.39 is 6.36 Å². The van der Waals surface area contributed by atoms with Crippen LogP contribution >= 0.6 is 11.8 Å². The Kier molecular flexibility index (Phi) is 4.40. The Labute approximate surface area is 108 Å². The van der Waals surface area contributed by atoms with Gasteiger partial charge in [0.1, 0.15) is 5.75 Å². The Bertz CT molecular complexity index is 376. The molecule has 18 heavy (non-hydrogen) atoms. The van der Waals surface area contributed by atoms with Crippen molar-refractivity contribution < 1.29 is 17.9 Å². The molecule has 0 unspecified atom stereocenters. The number of rotatable bonds is 5. The van der Waals surface area contributed by atoms with E-state index in [0.717, 1.165) is 36.1 Å². The number of thioether (sulfide) groups is 1. The molecule has 1 aromatic carbocycles. The van der Waals surface area contributed by atoms with E-state index in [1.165, 1.54) is 12.1 Å². The second-order valence-corrected chi connectivity index (χ2v) is 5.26. The van der Waals surface area contributed by atoms with Crippen LogP contribution in [0.25, 0.3) is 0 Å². The SMILES string of the molecule is FC(F)(F)Oc1ccc(CSCC2CNC2)cc1. The summed E-state index contributed by atoms with van der Waals surface area (Å²) in [6, 6.07) is 6.06. The van der Waals surface area contributed by atoms with Crippen LogP contribution in [-0.4, -0.2) is 25.2 Å². The van der Waals surface area contributed by atoms with Crippen molar-refractivity contribution in [2.75, 3.05) is 18.8 Å². The van der Waals surface area contributed by atoms with Crippen molar-refractivity contribution in [3.8, 4) is 5.75 Å². The van der Waals surface area contributed by atoms with Crippen molar-refractivity contribution in [2.45, 2.75) is 12.1 Å². The number of benzene rings is 1. The fraction of sp³-hybridized carbons (Fsp3) is 0.500. The van der Waals surface area contributed by atoms with Gasteiger partial charge in [0, 0.05) is 5.75 Å². The monoisotopic (exact) mass is 277 g/mol. The van der Waals surface area contributed by atoms with Crippen LogP contribution in [0.2, 0.25) is 0 Å². The zero-order chi connectivity index (χ0) is 13.0. The number of hydrogen-bond acceptors (Lipinski definition) is 3. The molecule has 2 rings (SSSR count). The lowest BCUT2D eigenvalue weighted by molar-refractivity contribution is -0.274. The Morgan fingerprint density at radius 3 is 2.39 bits per heavy atom. The fourth-order valence-electron chi connectivity index (χ4n) is 1.60. The normalized spacial score (nSPS) is 16.4. The van der Waals surface area contributed by atoms with E-state index in [0.29, 0.717) is 0 Å². The van der Waals surface area contributed by atoms with E-state index >= 15 is 0 Å². The molecule has 1 aromatic rings. The molecule has 1 aliphatic rings. The summed E-state index contributed by atoms with van der Waals surface area (Å²) in [5.74, 6) is 2.48. The third-order valence-corrected chi connectivity index (χ3v) is 3.89. The van der Waals surface area contributed by atoms with Gasteiger partial charge in [-0.2, -0.15) is 11.8 Å². The highest BCUT2D eigenvalue weighted by molar-refractivity contribution is 7.98. The predicted octanol–water partition coefficient (Wildman–Crippen LogP) is 3.04. The van der Waals surface area contributed by atoms with Crippen molar-refractivity contribution in [3.63, 3.8) is 0 Å². The number of halogens is 3. The quantitative estimate of drug-likeness (QED) is 0.894. The lowest BCUT2D eigenvalue weighted by Crippen LogP contribution is -2.43. The lowest BCUT2D eigenvalue weighted by atomic mass is 10.1. The Hall–Kier alpha value is -0.880. The average Bonchev–Trinajstić information content (AvgIpc) is 2.22. The first-order valence-corrected chi connectivity index (χ1v) is 6.81. The van der Waals surface area contributed by atoms with Crippen LogP contribution in [0.4, 0.5) is 13.2 Å². The summed E-state index contributed by atoms with van der Waals surface area (Å²) in [5.41, 5.74) is 1.02. The van der Waals surface area contributed by atoms with Gasteiger partial charge in [-0.15, -0.1) is 13.2 Å². The molecule has 1 N–H and O–H groups in total. The van der Waals surface area contributed by atoms with Crippen molar-refractivity contribution in [1.29, 1.82) is 0 Å². The third kappa shape index (κ3) is 4.42. The summed E-state index contributed by atoms with van der Waals surface area (Å²) in [6.07, 6.45) is -4.62. The van der Waals surface area contributed by atoms with Gasteiger partial charge in [0.05, 0.1) is 0 Å². The Balaban J connectivity index is 1.76. The number of ether oxygens (including phenoxy) is 1. The highest BCUT2D eigenvalue weighted by Crippen LogP contribution is 2.24. The van der Waals surface area contributed by atoms with Crippen LogP contribution in [0.3, 0.4) is 0 Å². The molecule has 0 spiro atoms. The maximum atomic E-state index is 11.9. The van der Waals surface area contributed by atoms with Crippen LogP contribution in [0.5, 0.6) is 5.75 Å². The molecule has 0 aliphatic carbocycles. The van der Waals surface area contributed by atoms with Gasteiger partial charge in [-0.25, -0.2) is 0 Å². The molecule has 0 aromatic heterocycles. The second-order valence-electron chi connectivity index (χ2n) is 4.23. The third-order valence-electron chi connectivity index (χ3n) is 2.65. The van der Waals surface area contributed by atoms with Gasteiger partial charge in [-0.1, -0.05) is 12.1 Å². The van der Waals surface area contributed by atoms with Crippen LogP contribution in [0, 0.1) is 5.92 Å². The zero-order valence-electron chi connectivity index (χ0n) is 9.67. The van der Waals surface area contributed by atoms with Gasteiger partial charge in [0.15, 0.2) is 0 Å². The molecule has 0 radical (unpaired) electrons. The minimum Gasteiger partial charge on any atom is -0.406 e. The zero-order valence-corrected chi connectivity index (χ0v) is 10.5. The van der Waals surface area contributed by atoms with Crippen LogP contribution in [0.1, 0.15) is 5.56 Å². The highest BCUT2D eigenvalue weighted by atomic mass is 32.2. The van der Waals surface area contributed by atoms with E-state index in [1.807, 2.05) is 0 Å². The molecule has 6 heteroatoms. The minimum atomic E-state index is -4.62. The molecular formula is C12H14F3NOS. The minimum absolute atomic E-state index is 0.167. The number of hydrogen-bond donors (Lipinski definition) is 1. The van der Waals surface area contributed by atoms with E-state index in [1.54, 1.807) is 23.9 Å². The molecule has 1 heterocycles. The molecule has 2 nitrogen and oxygen atoms in total. The van der Waals surface area contributed by atoms with Gasteiger partial charge in [0.25, 0.3) is 0 Å². The number of alkyl halides is 3. The average molecular weight is 277 g/mol. The Morgan fingerprint density at radius 1 is 1.22 bits per heavy atom. The predicted molar refractivity (Wildman–Crippen MR) is 65.6 cm³/mol. The fourth-order valence-corrected chi connectivity index (χ4v) is 2.71. The Morgan fingerprint density at radius 2 is 1.89 bits per heavy atom. The molecule has 100 valence electrons. The summed E-state index contributed by atoms with van der Waals surface area (Å²) in [4.78, 5) is 0. The summed E-state index contributed by atoms with van der Waals surface area (Å²) >= 11 is 1.81. The molecule has 0 atom stereocenters. The largest absolute Gasteiger partial charge is 0.573 e. The molecule has 1 fully saturated rings. The van der Waals surface area contributed by atoms with Gasteiger partial charge >= 0.3 is 6.36 Å². The van der Waals surface area contributed by atoms with Crippen molar-refractivity contribution >= 4 is 11.8 Å². The van der Waals surface area contributed by atoms with Gasteiger partial charge in [-0.05, 0) is 42.5 Å². The summed E-state index contributed by atoms with van der Waals surface area (Å²) in [7, 11) is 0. The molecule has 0 amide bonds. The second kappa shape index (κ2) is 5.84. The molecule has 0 saturated carbocycles. The van der Waals surface area contributed by atoms with Gasteiger partial charge in [-0.3, -0.25) is 0 Å². The van der Waals surface area contributed by atoms with Gasteiger partial charge in [0.2, 0.25) is 0 Å². The van der Waals surface area contributed by atoms with Crippen LogP contribution < -0.4 is 10.1 Å². The summed E-state index contributed by atoms with van der Waals surface area (Å²) in [5, 5.41) is 3.20. The van der Waals surface area contributed by atoms with E-state index in [-0.39, 0.29) is 5.75 Å². The van der Waals surface area contributed by atoms with E-state index in [4.69, 9.17) is 0 Å². The summed E-state index contributed by atoms with van der Waals surface area (Å²) in [6.45, 7) is 2.15. The van der Waals surface area contributed by atoms with Gasteiger partial charge < -0.3 is 10.1 Å². The van der Waals surface area contributed by atoms with Crippen LogP contribution in [-0.2, 0) is 5.75 Å². The van der Waals surface area contributed by atoms with Crippen molar-refractivity contribution in [3.05, 3.63) is 29.8 Å². The molecular weight excluding hydrogens is 263 g/mol. The van der Waals surface area contributed by atoms with Crippen molar-refractivity contribution in [1.82, 2.24) is 5.32 Å². The first-order valence-electron chi connectivity index (χ1n) is 5.66. The maximum Gasteiger partial charge on any atom is 0.573 e. The standard InChI is InChI=1S/C12H14F3NOS/c13-12(14,15)17-11-3-1-9(2-4-11)7-18-8-10-5-16-6-10/h1-4,10,16H,5-8H2. The topological polar surface area (TPSA) is 21.3 Å². The molecule has 1 aliphatic heterocycles. The summed E-state index contributed by atoms with van der Waals surface area (Å²) < 4.78 is 39.7. The first kappa shape index (κ1) is 13.5. The van der Waals surface area contributed by atoms with Crippen molar-refractivity contribution in [2.24, 2.45) is 5.92 Å².